The summed E-state index contributed by atoms with van der Waals surface area (Å²) in [6, 6.07) is 10.7. The van der Waals surface area contributed by atoms with E-state index in [2.05, 4.69) is 17.5 Å². The molecule has 2 aliphatic heterocycles. The van der Waals surface area contributed by atoms with Crippen LogP contribution in [0.5, 0.6) is 0 Å². The molecule has 2 heterocycles. The van der Waals surface area contributed by atoms with E-state index in [-0.39, 0.29) is 16.9 Å². The molecule has 0 aromatic heterocycles. The third-order valence-electron chi connectivity index (χ3n) is 6.87. The number of allylic oxidation sites excluding steroid dienone is 2. The molecule has 32 heavy (non-hydrogen) atoms. The number of ether oxygens (including phenoxy) is 1. The molecular weight excluding hydrogens is 428 g/mol. The minimum atomic E-state index is -3.54. The van der Waals surface area contributed by atoms with Gasteiger partial charge in [-0.1, -0.05) is 30.4 Å². The number of carbonyl (C=O) groups is 1. The number of aromatic carboxylic acids is 1. The first-order valence-corrected chi connectivity index (χ1v) is 12.3. The van der Waals surface area contributed by atoms with E-state index in [4.69, 9.17) is 4.74 Å². The van der Waals surface area contributed by atoms with E-state index in [1.807, 2.05) is 25.1 Å². The molecule has 0 spiro atoms. The number of carboxylic acids is 1. The van der Waals surface area contributed by atoms with Gasteiger partial charge in [-0.25, -0.2) is 13.2 Å². The Hall–Kier alpha value is -2.68. The minimum absolute atomic E-state index is 0.0367. The topological polar surface area (TPSA) is 95.9 Å². The highest BCUT2D eigenvalue weighted by molar-refractivity contribution is 7.89. The van der Waals surface area contributed by atoms with Gasteiger partial charge in [0.15, 0.2) is 0 Å². The van der Waals surface area contributed by atoms with E-state index in [1.165, 1.54) is 4.31 Å². The second kappa shape index (κ2) is 8.03. The summed E-state index contributed by atoms with van der Waals surface area (Å²) in [6.07, 6.45) is 5.29. The van der Waals surface area contributed by atoms with Crippen LogP contribution in [-0.4, -0.2) is 50.1 Å². The van der Waals surface area contributed by atoms with Gasteiger partial charge in [0.05, 0.1) is 29.7 Å². The maximum absolute atomic E-state index is 13.0. The zero-order valence-corrected chi connectivity index (χ0v) is 18.6. The summed E-state index contributed by atoms with van der Waals surface area (Å²) in [5.74, 6) is -0.445. The first kappa shape index (κ1) is 21.2. The molecule has 1 saturated heterocycles. The molecule has 3 aliphatic rings. The van der Waals surface area contributed by atoms with Gasteiger partial charge in [0, 0.05) is 24.7 Å². The molecule has 0 bridgehead atoms. The molecule has 2 aromatic rings. The first-order valence-electron chi connectivity index (χ1n) is 10.9. The van der Waals surface area contributed by atoms with Gasteiger partial charge in [0.1, 0.15) is 0 Å². The maximum Gasteiger partial charge on any atom is 0.336 e. The molecule has 0 amide bonds. The average molecular weight is 455 g/mol. The van der Waals surface area contributed by atoms with Crippen LogP contribution < -0.4 is 5.32 Å². The van der Waals surface area contributed by atoms with Crippen LogP contribution in [0.25, 0.3) is 0 Å². The van der Waals surface area contributed by atoms with Gasteiger partial charge in [-0.3, -0.25) is 0 Å². The summed E-state index contributed by atoms with van der Waals surface area (Å²) in [5, 5.41) is 13.1. The van der Waals surface area contributed by atoms with Gasteiger partial charge >= 0.3 is 5.97 Å². The van der Waals surface area contributed by atoms with Crippen LogP contribution in [0, 0.1) is 12.8 Å². The second-order valence-corrected chi connectivity index (χ2v) is 10.5. The highest BCUT2D eigenvalue weighted by Gasteiger charge is 2.39. The van der Waals surface area contributed by atoms with E-state index in [0.29, 0.717) is 37.8 Å². The normalized spacial score (nSPS) is 25.1. The maximum atomic E-state index is 13.0. The number of nitrogens with one attached hydrogen (secondary N) is 1. The van der Waals surface area contributed by atoms with Gasteiger partial charge < -0.3 is 15.2 Å². The third-order valence-corrected chi connectivity index (χ3v) is 8.79. The number of carboxylic acid groups (broad SMARTS) is 1. The fourth-order valence-corrected chi connectivity index (χ4v) is 6.57. The fraction of sp³-hybridized carbons (Fsp3) is 0.375. The molecule has 3 atom stereocenters. The molecule has 1 aliphatic carbocycles. The molecule has 1 fully saturated rings. The van der Waals surface area contributed by atoms with Gasteiger partial charge in [-0.05, 0) is 54.2 Å². The van der Waals surface area contributed by atoms with Crippen molar-refractivity contribution >= 4 is 21.7 Å². The zero-order chi connectivity index (χ0) is 22.5. The van der Waals surface area contributed by atoms with Gasteiger partial charge in [0.25, 0.3) is 0 Å². The monoisotopic (exact) mass is 454 g/mol. The van der Waals surface area contributed by atoms with E-state index >= 15 is 0 Å². The summed E-state index contributed by atoms with van der Waals surface area (Å²) < 4.78 is 32.7. The van der Waals surface area contributed by atoms with Crippen LogP contribution in [0.1, 0.15) is 45.4 Å². The van der Waals surface area contributed by atoms with Gasteiger partial charge in [-0.15, -0.1) is 0 Å². The van der Waals surface area contributed by atoms with Crippen LogP contribution in [0.2, 0.25) is 0 Å². The van der Waals surface area contributed by atoms with Crippen molar-refractivity contribution in [2.45, 2.75) is 30.2 Å². The minimum Gasteiger partial charge on any atom is -0.478 e. The van der Waals surface area contributed by atoms with Crippen LogP contribution in [0.4, 0.5) is 5.69 Å². The number of hydrogen-bond acceptors (Lipinski definition) is 5. The Kier molecular flexibility index (Phi) is 5.31. The van der Waals surface area contributed by atoms with Crippen LogP contribution in [0.3, 0.4) is 0 Å². The van der Waals surface area contributed by atoms with E-state index in [1.54, 1.807) is 18.2 Å². The summed E-state index contributed by atoms with van der Waals surface area (Å²) >= 11 is 0. The summed E-state index contributed by atoms with van der Waals surface area (Å²) in [5.41, 5.74) is 4.00. The lowest BCUT2D eigenvalue weighted by molar-refractivity contribution is 0.0696. The number of nitrogens with zero attached hydrogens (tertiary/aromatic N) is 1. The van der Waals surface area contributed by atoms with E-state index in [9.17, 15) is 18.3 Å². The Labute approximate surface area is 187 Å². The average Bonchev–Trinajstić information content (AvgIpc) is 3.30. The molecule has 0 saturated carbocycles. The Morgan fingerprint density at radius 2 is 1.84 bits per heavy atom. The van der Waals surface area contributed by atoms with Crippen molar-refractivity contribution in [3.63, 3.8) is 0 Å². The molecule has 5 rings (SSSR count). The SMILES string of the molecule is Cc1c(C(=O)O)ccc2c1N[C@H](c1ccc(S(=O)(=O)N3CCOCC3)cc1)[C@H]1CC=C[C@H]21. The van der Waals surface area contributed by atoms with Crippen LogP contribution in [0.15, 0.2) is 53.4 Å². The van der Waals surface area contributed by atoms with Gasteiger partial charge in [0.2, 0.25) is 10.0 Å². The molecule has 168 valence electrons. The predicted octanol–water partition coefficient (Wildman–Crippen LogP) is 3.54. The number of morpholine rings is 1. The van der Waals surface area contributed by atoms with Crippen molar-refractivity contribution in [3.05, 3.63) is 70.8 Å². The van der Waals surface area contributed by atoms with Crippen LogP contribution >= 0.6 is 0 Å². The van der Waals surface area contributed by atoms with E-state index < -0.39 is 16.0 Å². The molecule has 0 unspecified atom stereocenters. The Morgan fingerprint density at radius 3 is 2.53 bits per heavy atom. The predicted molar refractivity (Wildman–Crippen MR) is 121 cm³/mol. The van der Waals surface area contributed by atoms with Crippen molar-refractivity contribution in [3.8, 4) is 0 Å². The quantitative estimate of drug-likeness (QED) is 0.686. The smallest absolute Gasteiger partial charge is 0.336 e. The second-order valence-electron chi connectivity index (χ2n) is 8.57. The molecular formula is C24H26N2O5S. The lowest BCUT2D eigenvalue weighted by Gasteiger charge is -2.38. The fourth-order valence-electron chi connectivity index (χ4n) is 5.16. The van der Waals surface area contributed by atoms with Crippen molar-refractivity contribution < 1.29 is 23.1 Å². The van der Waals surface area contributed by atoms with Crippen molar-refractivity contribution in [1.29, 1.82) is 0 Å². The first-order chi connectivity index (χ1) is 15.4. The van der Waals surface area contributed by atoms with Crippen molar-refractivity contribution in [2.24, 2.45) is 5.92 Å². The Balaban J connectivity index is 1.48. The summed E-state index contributed by atoms with van der Waals surface area (Å²) in [7, 11) is -3.54. The van der Waals surface area contributed by atoms with E-state index in [0.717, 1.165) is 28.8 Å². The number of sulfonamides is 1. The lowest BCUT2D eigenvalue weighted by atomic mass is 9.76. The Bertz CT molecular complexity index is 1180. The number of rotatable bonds is 4. The summed E-state index contributed by atoms with van der Waals surface area (Å²) in [4.78, 5) is 11.9. The number of benzene rings is 2. The number of fused-ring (bicyclic) bond motifs is 3. The van der Waals surface area contributed by atoms with Crippen molar-refractivity contribution in [1.82, 2.24) is 4.31 Å². The Morgan fingerprint density at radius 1 is 1.12 bits per heavy atom. The lowest BCUT2D eigenvalue weighted by Crippen LogP contribution is -2.40. The molecule has 0 radical (unpaired) electrons. The largest absolute Gasteiger partial charge is 0.478 e. The summed E-state index contributed by atoms with van der Waals surface area (Å²) in [6.45, 7) is 3.40. The van der Waals surface area contributed by atoms with Crippen LogP contribution in [-0.2, 0) is 14.8 Å². The highest BCUT2D eigenvalue weighted by Crippen LogP contribution is 2.51. The highest BCUT2D eigenvalue weighted by atomic mass is 32.2. The van der Waals surface area contributed by atoms with Crippen molar-refractivity contribution in [2.75, 3.05) is 31.6 Å². The zero-order valence-electron chi connectivity index (χ0n) is 17.8. The molecule has 7 nitrogen and oxygen atoms in total. The number of hydrogen-bond donors (Lipinski definition) is 2. The molecule has 8 heteroatoms. The standard InChI is InChI=1S/C24H26N2O5S/c1-15-18(24(27)28)9-10-21-19-3-2-4-20(19)23(25-22(15)21)16-5-7-17(8-6-16)32(29,30)26-11-13-31-14-12-26/h2-3,5-10,19-20,23,25H,4,11-14H2,1H3,(H,27,28)/t19-,20-,23+/m0/s1. The van der Waals surface area contributed by atoms with Gasteiger partial charge in [-0.2, -0.15) is 4.31 Å². The molecule has 2 N–H and O–H groups in total. The molecule has 2 aromatic carbocycles. The number of anilines is 1. The third kappa shape index (κ3) is 3.43.